The number of nitrogens with two attached hydrogens (primary N) is 1. The van der Waals surface area contributed by atoms with Crippen molar-refractivity contribution in [1.82, 2.24) is 5.16 Å². The van der Waals surface area contributed by atoms with Gasteiger partial charge in [0.15, 0.2) is 0 Å². The number of nitrogen functional groups attached to an aromatic ring is 1. The molecule has 0 spiro atoms. The highest BCUT2D eigenvalue weighted by molar-refractivity contribution is 5.77. The van der Waals surface area contributed by atoms with Crippen LogP contribution in [0.2, 0.25) is 0 Å². The summed E-state index contributed by atoms with van der Waals surface area (Å²) in [4.78, 5) is 0. The molecule has 100 valence electrons. The van der Waals surface area contributed by atoms with Crippen molar-refractivity contribution in [2.75, 3.05) is 5.73 Å². The fraction of sp³-hybridized carbons (Fsp3) is 0. The summed E-state index contributed by atoms with van der Waals surface area (Å²) in [5, 5.41) is 3.54. The molecule has 0 unspecified atom stereocenters. The SMILES string of the molecule is Nc1oncc1-c1cc(-c2ccc(F)cc2)ccc1F. The van der Waals surface area contributed by atoms with E-state index in [0.29, 0.717) is 11.1 Å². The lowest BCUT2D eigenvalue weighted by Gasteiger charge is -2.06. The van der Waals surface area contributed by atoms with Crippen LogP contribution < -0.4 is 5.73 Å². The zero-order chi connectivity index (χ0) is 14.1. The Balaban J connectivity index is 2.11. The first-order valence-corrected chi connectivity index (χ1v) is 5.91. The molecule has 0 fully saturated rings. The molecule has 0 saturated heterocycles. The largest absolute Gasteiger partial charge is 0.367 e. The Bertz CT molecular complexity index is 751. The minimum absolute atomic E-state index is 0.0557. The number of anilines is 1. The van der Waals surface area contributed by atoms with Crippen LogP contribution in [0, 0.1) is 11.6 Å². The minimum Gasteiger partial charge on any atom is -0.367 e. The van der Waals surface area contributed by atoms with E-state index < -0.39 is 5.82 Å². The molecule has 20 heavy (non-hydrogen) atoms. The predicted octanol–water partition coefficient (Wildman–Crippen LogP) is 3.87. The lowest BCUT2D eigenvalue weighted by molar-refractivity contribution is 0.436. The average Bonchev–Trinajstić information content (AvgIpc) is 2.87. The third-order valence-corrected chi connectivity index (χ3v) is 3.03. The standard InChI is InChI=1S/C15H10F2N2O/c16-11-4-1-9(2-5-11)10-3-6-14(17)12(7-10)13-8-19-20-15(13)18/h1-8H,18H2. The highest BCUT2D eigenvalue weighted by Crippen LogP contribution is 2.31. The van der Waals surface area contributed by atoms with Gasteiger partial charge in [0, 0.05) is 5.56 Å². The summed E-state index contributed by atoms with van der Waals surface area (Å²) in [6, 6.07) is 10.5. The zero-order valence-corrected chi connectivity index (χ0v) is 10.3. The van der Waals surface area contributed by atoms with E-state index in [1.165, 1.54) is 24.4 Å². The first kappa shape index (κ1) is 12.3. The second kappa shape index (κ2) is 4.77. The first-order chi connectivity index (χ1) is 9.65. The molecule has 3 rings (SSSR count). The van der Waals surface area contributed by atoms with E-state index in [-0.39, 0.29) is 11.7 Å². The lowest BCUT2D eigenvalue weighted by atomic mass is 10.00. The maximum Gasteiger partial charge on any atom is 0.230 e. The summed E-state index contributed by atoms with van der Waals surface area (Å²) in [5.41, 5.74) is 7.83. The van der Waals surface area contributed by atoms with Crippen LogP contribution in [0.25, 0.3) is 22.3 Å². The molecule has 5 heteroatoms. The molecule has 0 aliphatic heterocycles. The molecule has 3 aromatic rings. The number of benzene rings is 2. The van der Waals surface area contributed by atoms with Crippen molar-refractivity contribution < 1.29 is 13.3 Å². The van der Waals surface area contributed by atoms with Gasteiger partial charge in [0.25, 0.3) is 0 Å². The molecule has 0 saturated carbocycles. The molecule has 0 aliphatic rings. The van der Waals surface area contributed by atoms with Gasteiger partial charge in [-0.15, -0.1) is 0 Å². The maximum absolute atomic E-state index is 13.9. The smallest absolute Gasteiger partial charge is 0.230 e. The first-order valence-electron chi connectivity index (χ1n) is 5.91. The number of hydrogen-bond acceptors (Lipinski definition) is 3. The van der Waals surface area contributed by atoms with Gasteiger partial charge >= 0.3 is 0 Å². The van der Waals surface area contributed by atoms with Crippen molar-refractivity contribution in [1.29, 1.82) is 0 Å². The monoisotopic (exact) mass is 272 g/mol. The number of halogens is 2. The number of hydrogen-bond donors (Lipinski definition) is 1. The van der Waals surface area contributed by atoms with Crippen LogP contribution in [0.4, 0.5) is 14.7 Å². The second-order valence-electron chi connectivity index (χ2n) is 4.31. The van der Waals surface area contributed by atoms with Crippen LogP contribution >= 0.6 is 0 Å². The molecule has 0 radical (unpaired) electrons. The molecular formula is C15H10F2N2O. The van der Waals surface area contributed by atoms with E-state index in [9.17, 15) is 8.78 Å². The lowest BCUT2D eigenvalue weighted by Crippen LogP contribution is -1.89. The maximum atomic E-state index is 13.9. The topological polar surface area (TPSA) is 52.0 Å². The zero-order valence-electron chi connectivity index (χ0n) is 10.3. The Hall–Kier alpha value is -2.69. The van der Waals surface area contributed by atoms with Gasteiger partial charge < -0.3 is 10.3 Å². The van der Waals surface area contributed by atoms with Crippen LogP contribution in [0.5, 0.6) is 0 Å². The van der Waals surface area contributed by atoms with E-state index in [1.54, 1.807) is 24.3 Å². The average molecular weight is 272 g/mol. The summed E-state index contributed by atoms with van der Waals surface area (Å²) in [6.07, 6.45) is 1.36. The Kier molecular flexibility index (Phi) is 2.95. The summed E-state index contributed by atoms with van der Waals surface area (Å²) >= 11 is 0. The Morgan fingerprint density at radius 3 is 2.25 bits per heavy atom. The quantitative estimate of drug-likeness (QED) is 0.770. The van der Waals surface area contributed by atoms with Gasteiger partial charge in [-0.2, -0.15) is 0 Å². The van der Waals surface area contributed by atoms with Crippen molar-refractivity contribution in [3.63, 3.8) is 0 Å². The molecule has 0 aliphatic carbocycles. The van der Waals surface area contributed by atoms with Gasteiger partial charge in [0.05, 0.1) is 11.8 Å². The highest BCUT2D eigenvalue weighted by atomic mass is 19.1. The minimum atomic E-state index is -0.425. The van der Waals surface area contributed by atoms with Crippen LogP contribution in [-0.4, -0.2) is 5.16 Å². The van der Waals surface area contributed by atoms with Crippen LogP contribution in [-0.2, 0) is 0 Å². The molecule has 2 N–H and O–H groups in total. The molecule has 3 nitrogen and oxygen atoms in total. The summed E-state index contributed by atoms with van der Waals surface area (Å²) < 4.78 is 31.6. The van der Waals surface area contributed by atoms with E-state index in [0.717, 1.165) is 11.1 Å². The second-order valence-corrected chi connectivity index (χ2v) is 4.31. The normalized spacial score (nSPS) is 10.7. The van der Waals surface area contributed by atoms with Crippen LogP contribution in [0.15, 0.2) is 53.2 Å². The van der Waals surface area contributed by atoms with Gasteiger partial charge in [-0.25, -0.2) is 8.78 Å². The summed E-state index contributed by atoms with van der Waals surface area (Å²) in [7, 11) is 0. The van der Waals surface area contributed by atoms with Crippen molar-refractivity contribution >= 4 is 5.88 Å². The van der Waals surface area contributed by atoms with Gasteiger partial charge in [0.2, 0.25) is 5.88 Å². The molecule has 2 aromatic carbocycles. The highest BCUT2D eigenvalue weighted by Gasteiger charge is 2.13. The van der Waals surface area contributed by atoms with E-state index in [4.69, 9.17) is 10.3 Å². The number of rotatable bonds is 2. The van der Waals surface area contributed by atoms with Crippen LogP contribution in [0.3, 0.4) is 0 Å². The Labute approximate surface area is 113 Å². The van der Waals surface area contributed by atoms with Gasteiger partial charge in [-0.3, -0.25) is 0 Å². The Morgan fingerprint density at radius 1 is 0.900 bits per heavy atom. The van der Waals surface area contributed by atoms with Crippen molar-refractivity contribution in [2.45, 2.75) is 0 Å². The van der Waals surface area contributed by atoms with E-state index in [1.807, 2.05) is 0 Å². The van der Waals surface area contributed by atoms with Gasteiger partial charge in [0.1, 0.15) is 11.6 Å². The van der Waals surface area contributed by atoms with Crippen molar-refractivity contribution in [2.24, 2.45) is 0 Å². The molecule has 0 amide bonds. The third kappa shape index (κ3) is 2.14. The van der Waals surface area contributed by atoms with Crippen molar-refractivity contribution in [3.8, 4) is 22.3 Å². The summed E-state index contributed by atoms with van der Waals surface area (Å²) in [6.45, 7) is 0. The number of nitrogens with zero attached hydrogens (tertiary/aromatic N) is 1. The summed E-state index contributed by atoms with van der Waals surface area (Å²) in [5.74, 6) is -0.690. The van der Waals surface area contributed by atoms with Crippen molar-refractivity contribution in [3.05, 3.63) is 60.3 Å². The molecule has 1 heterocycles. The van der Waals surface area contributed by atoms with Crippen LogP contribution in [0.1, 0.15) is 0 Å². The Morgan fingerprint density at radius 2 is 1.60 bits per heavy atom. The van der Waals surface area contributed by atoms with Gasteiger partial charge in [-0.1, -0.05) is 23.4 Å². The van der Waals surface area contributed by atoms with Gasteiger partial charge in [-0.05, 0) is 35.4 Å². The van der Waals surface area contributed by atoms with E-state index >= 15 is 0 Å². The third-order valence-electron chi connectivity index (χ3n) is 3.03. The fourth-order valence-electron chi connectivity index (χ4n) is 2.00. The molecule has 0 bridgehead atoms. The van der Waals surface area contributed by atoms with E-state index in [2.05, 4.69) is 5.16 Å². The molecular weight excluding hydrogens is 262 g/mol. The fourth-order valence-corrected chi connectivity index (χ4v) is 2.00. The molecule has 0 atom stereocenters. The number of aromatic nitrogens is 1. The predicted molar refractivity (Wildman–Crippen MR) is 71.7 cm³/mol. The molecule has 1 aromatic heterocycles.